The molecule has 0 spiro atoms. The Bertz CT molecular complexity index is 276. The minimum atomic E-state index is -0.134. The summed E-state index contributed by atoms with van der Waals surface area (Å²) in [6.45, 7) is 1.81. The fourth-order valence-electron chi connectivity index (χ4n) is 0.988. The molecule has 0 bridgehead atoms. The summed E-state index contributed by atoms with van der Waals surface area (Å²) in [6, 6.07) is 4.27. The molecule has 1 atom stereocenters. The fraction of sp³-hybridized carbons (Fsp3) is 0.250. The first kappa shape index (κ1) is 8.83. The Morgan fingerprint density at radius 3 is 2.58 bits per heavy atom. The van der Waals surface area contributed by atoms with E-state index in [1.54, 1.807) is 6.07 Å². The molecule has 0 aromatic heterocycles. The van der Waals surface area contributed by atoms with Crippen LogP contribution in [-0.2, 0) is 0 Å². The topological polar surface area (TPSA) is 78.5 Å². The molecule has 66 valence electrons. The highest BCUT2D eigenvalue weighted by Gasteiger charge is 2.08. The Morgan fingerprint density at radius 1 is 1.42 bits per heavy atom. The molecule has 4 nitrogen and oxygen atoms in total. The van der Waals surface area contributed by atoms with Gasteiger partial charge in [-0.25, -0.2) is 0 Å². The van der Waals surface area contributed by atoms with Crippen molar-refractivity contribution in [2.24, 2.45) is 5.84 Å². The Labute approximate surface area is 70.6 Å². The zero-order valence-electron chi connectivity index (χ0n) is 6.78. The smallest absolute Gasteiger partial charge is 0.124 e. The molecule has 0 unspecified atom stereocenters. The minimum Gasteiger partial charge on any atom is -0.508 e. The Kier molecular flexibility index (Phi) is 2.52. The first-order valence-electron chi connectivity index (χ1n) is 3.63. The van der Waals surface area contributed by atoms with Gasteiger partial charge in [-0.3, -0.25) is 11.3 Å². The highest BCUT2D eigenvalue weighted by molar-refractivity contribution is 5.40. The summed E-state index contributed by atoms with van der Waals surface area (Å²) >= 11 is 0. The van der Waals surface area contributed by atoms with E-state index in [-0.39, 0.29) is 17.5 Å². The molecule has 0 saturated heterocycles. The molecule has 5 N–H and O–H groups in total. The number of hydrogen-bond donors (Lipinski definition) is 4. The van der Waals surface area contributed by atoms with Crippen LogP contribution in [0.15, 0.2) is 18.2 Å². The number of hydrazine groups is 1. The standard InChI is InChI=1S/C8H12N2O2/c1-5(10-9)7-3-2-6(11)4-8(7)12/h2-5,10-12H,9H2,1H3/t5-/m1/s1. The maximum absolute atomic E-state index is 9.34. The maximum Gasteiger partial charge on any atom is 0.124 e. The number of hydrogen-bond acceptors (Lipinski definition) is 4. The monoisotopic (exact) mass is 168 g/mol. The van der Waals surface area contributed by atoms with E-state index >= 15 is 0 Å². The van der Waals surface area contributed by atoms with Gasteiger partial charge in [0.15, 0.2) is 0 Å². The van der Waals surface area contributed by atoms with Crippen molar-refractivity contribution in [2.75, 3.05) is 0 Å². The van der Waals surface area contributed by atoms with E-state index in [9.17, 15) is 5.11 Å². The van der Waals surface area contributed by atoms with Crippen LogP contribution in [0.4, 0.5) is 0 Å². The number of rotatable bonds is 2. The third-order valence-corrected chi connectivity index (χ3v) is 1.73. The van der Waals surface area contributed by atoms with Gasteiger partial charge in [-0.2, -0.15) is 0 Å². The van der Waals surface area contributed by atoms with Gasteiger partial charge >= 0.3 is 0 Å². The van der Waals surface area contributed by atoms with Crippen LogP contribution < -0.4 is 11.3 Å². The molecule has 0 radical (unpaired) electrons. The molecule has 1 rings (SSSR count). The number of nitrogens with one attached hydrogen (secondary N) is 1. The van der Waals surface area contributed by atoms with Crippen molar-refractivity contribution >= 4 is 0 Å². The zero-order chi connectivity index (χ0) is 9.14. The van der Waals surface area contributed by atoms with E-state index in [0.717, 1.165) is 0 Å². The normalized spacial score (nSPS) is 12.8. The van der Waals surface area contributed by atoms with Crippen LogP contribution in [0.25, 0.3) is 0 Å². The number of benzene rings is 1. The van der Waals surface area contributed by atoms with Crippen LogP contribution in [-0.4, -0.2) is 10.2 Å². The Morgan fingerprint density at radius 2 is 2.08 bits per heavy atom. The van der Waals surface area contributed by atoms with Crippen molar-refractivity contribution in [3.05, 3.63) is 23.8 Å². The quantitative estimate of drug-likeness (QED) is 0.385. The van der Waals surface area contributed by atoms with Crippen LogP contribution in [0.1, 0.15) is 18.5 Å². The molecule has 0 aliphatic carbocycles. The van der Waals surface area contributed by atoms with E-state index in [0.29, 0.717) is 5.56 Å². The van der Waals surface area contributed by atoms with Gasteiger partial charge in [0.25, 0.3) is 0 Å². The first-order chi connectivity index (χ1) is 5.65. The summed E-state index contributed by atoms with van der Waals surface area (Å²) in [5.41, 5.74) is 3.16. The van der Waals surface area contributed by atoms with E-state index in [4.69, 9.17) is 10.9 Å². The molecule has 0 saturated carbocycles. The van der Waals surface area contributed by atoms with Gasteiger partial charge in [-0.1, -0.05) is 6.07 Å². The lowest BCUT2D eigenvalue weighted by molar-refractivity contribution is 0.437. The van der Waals surface area contributed by atoms with Crippen molar-refractivity contribution in [3.8, 4) is 11.5 Å². The highest BCUT2D eigenvalue weighted by atomic mass is 16.3. The maximum atomic E-state index is 9.34. The zero-order valence-corrected chi connectivity index (χ0v) is 6.78. The molecular weight excluding hydrogens is 156 g/mol. The Balaban J connectivity index is 3.01. The average Bonchev–Trinajstić information content (AvgIpc) is 2.03. The summed E-state index contributed by atoms with van der Waals surface area (Å²) in [5, 5.41) is 18.3. The second kappa shape index (κ2) is 3.42. The average molecular weight is 168 g/mol. The largest absolute Gasteiger partial charge is 0.508 e. The third-order valence-electron chi connectivity index (χ3n) is 1.73. The number of phenols is 2. The van der Waals surface area contributed by atoms with Crippen molar-refractivity contribution in [2.45, 2.75) is 13.0 Å². The van der Waals surface area contributed by atoms with Crippen LogP contribution in [0.3, 0.4) is 0 Å². The second-order valence-corrected chi connectivity index (χ2v) is 2.63. The van der Waals surface area contributed by atoms with E-state index in [1.807, 2.05) is 6.92 Å². The fourth-order valence-corrected chi connectivity index (χ4v) is 0.988. The predicted molar refractivity (Wildman–Crippen MR) is 45.5 cm³/mol. The molecule has 0 aliphatic rings. The summed E-state index contributed by atoms with van der Waals surface area (Å²) in [4.78, 5) is 0. The summed E-state index contributed by atoms with van der Waals surface area (Å²) in [5.74, 6) is 5.27. The van der Waals surface area contributed by atoms with E-state index < -0.39 is 0 Å². The molecule has 0 amide bonds. The van der Waals surface area contributed by atoms with Gasteiger partial charge in [0.1, 0.15) is 11.5 Å². The molecule has 0 heterocycles. The highest BCUT2D eigenvalue weighted by Crippen LogP contribution is 2.26. The number of phenolic OH excluding ortho intramolecular Hbond substituents is 2. The van der Waals surface area contributed by atoms with E-state index in [1.165, 1.54) is 12.1 Å². The molecular formula is C8H12N2O2. The van der Waals surface area contributed by atoms with Crippen LogP contribution in [0.5, 0.6) is 11.5 Å². The van der Waals surface area contributed by atoms with Crippen molar-refractivity contribution < 1.29 is 10.2 Å². The van der Waals surface area contributed by atoms with Gasteiger partial charge in [0.05, 0.1) is 0 Å². The molecule has 0 aliphatic heterocycles. The lowest BCUT2D eigenvalue weighted by atomic mass is 10.1. The minimum absolute atomic E-state index is 0.0421. The van der Waals surface area contributed by atoms with Crippen molar-refractivity contribution in [3.63, 3.8) is 0 Å². The van der Waals surface area contributed by atoms with Crippen LogP contribution >= 0.6 is 0 Å². The van der Waals surface area contributed by atoms with Gasteiger partial charge in [-0.05, 0) is 13.0 Å². The molecule has 12 heavy (non-hydrogen) atoms. The lowest BCUT2D eigenvalue weighted by Crippen LogP contribution is -2.25. The molecule has 0 fully saturated rings. The Hall–Kier alpha value is -1.26. The number of aromatic hydroxyl groups is 2. The molecule has 4 heteroatoms. The second-order valence-electron chi connectivity index (χ2n) is 2.63. The van der Waals surface area contributed by atoms with Crippen LogP contribution in [0.2, 0.25) is 0 Å². The SMILES string of the molecule is C[C@@H](NN)c1ccc(O)cc1O. The summed E-state index contributed by atoms with van der Waals surface area (Å²) < 4.78 is 0. The third kappa shape index (κ3) is 1.66. The van der Waals surface area contributed by atoms with Gasteiger partial charge in [0.2, 0.25) is 0 Å². The lowest BCUT2D eigenvalue weighted by Gasteiger charge is -2.11. The van der Waals surface area contributed by atoms with Crippen LogP contribution in [0, 0.1) is 0 Å². The summed E-state index contributed by atoms with van der Waals surface area (Å²) in [6.07, 6.45) is 0. The van der Waals surface area contributed by atoms with Gasteiger partial charge < -0.3 is 10.2 Å². The van der Waals surface area contributed by atoms with E-state index in [2.05, 4.69) is 5.43 Å². The first-order valence-corrected chi connectivity index (χ1v) is 3.63. The predicted octanol–water partition coefficient (Wildman–Crippen LogP) is 0.622. The van der Waals surface area contributed by atoms with Gasteiger partial charge in [-0.15, -0.1) is 0 Å². The number of nitrogens with two attached hydrogens (primary N) is 1. The van der Waals surface area contributed by atoms with Gasteiger partial charge in [0, 0.05) is 17.7 Å². The summed E-state index contributed by atoms with van der Waals surface area (Å²) in [7, 11) is 0. The molecule has 1 aromatic carbocycles. The molecule has 1 aromatic rings. The van der Waals surface area contributed by atoms with Crippen molar-refractivity contribution in [1.29, 1.82) is 0 Å². The van der Waals surface area contributed by atoms with Crippen molar-refractivity contribution in [1.82, 2.24) is 5.43 Å².